The fourth-order valence-electron chi connectivity index (χ4n) is 3.05. The fourth-order valence-corrected chi connectivity index (χ4v) is 3.17. The fraction of sp³-hybridized carbons (Fsp3) is 0.556. The number of amides is 3. The number of hydrogen-bond donors (Lipinski definition) is 2. The summed E-state index contributed by atoms with van der Waals surface area (Å²) in [6.45, 7) is 9.94. The van der Waals surface area contributed by atoms with Crippen molar-refractivity contribution in [2.45, 2.75) is 39.3 Å². The zero-order valence-corrected chi connectivity index (χ0v) is 16.1. The molecule has 3 amide bonds. The second-order valence-electron chi connectivity index (χ2n) is 7.24. The summed E-state index contributed by atoms with van der Waals surface area (Å²) >= 11 is 5.97. The number of rotatable bonds is 4. The number of benzene rings is 1. The molecule has 0 saturated carbocycles. The quantitative estimate of drug-likeness (QED) is 0.860. The van der Waals surface area contributed by atoms with Crippen LogP contribution in [0, 0.1) is 0 Å². The van der Waals surface area contributed by atoms with Gasteiger partial charge in [0.2, 0.25) is 5.91 Å². The summed E-state index contributed by atoms with van der Waals surface area (Å²) in [6.07, 6.45) is 0. The predicted octanol–water partition coefficient (Wildman–Crippen LogP) is 2.47. The van der Waals surface area contributed by atoms with E-state index in [1.165, 1.54) is 0 Å². The van der Waals surface area contributed by atoms with Crippen molar-refractivity contribution < 1.29 is 9.59 Å². The predicted molar refractivity (Wildman–Crippen MR) is 101 cm³/mol. The summed E-state index contributed by atoms with van der Waals surface area (Å²) in [6, 6.07) is 7.47. The summed E-state index contributed by atoms with van der Waals surface area (Å²) in [4.78, 5) is 28.1. The molecular formula is C18H27ClN4O2. The average molecular weight is 367 g/mol. The molecule has 138 valence electrons. The molecule has 7 heteroatoms. The van der Waals surface area contributed by atoms with Crippen LogP contribution >= 0.6 is 11.6 Å². The molecule has 0 aromatic heterocycles. The molecule has 0 unspecified atom stereocenters. The maximum Gasteiger partial charge on any atom is 0.315 e. The van der Waals surface area contributed by atoms with Gasteiger partial charge in [-0.3, -0.25) is 4.79 Å². The molecular weight excluding hydrogens is 340 g/mol. The van der Waals surface area contributed by atoms with Crippen molar-refractivity contribution in [2.75, 3.05) is 31.1 Å². The van der Waals surface area contributed by atoms with Crippen LogP contribution in [0.15, 0.2) is 24.3 Å². The van der Waals surface area contributed by atoms with E-state index < -0.39 is 0 Å². The van der Waals surface area contributed by atoms with E-state index in [0.717, 1.165) is 12.2 Å². The minimum atomic E-state index is -0.317. The van der Waals surface area contributed by atoms with Crippen molar-refractivity contribution in [2.24, 2.45) is 0 Å². The van der Waals surface area contributed by atoms with E-state index in [1.807, 2.05) is 43.0 Å². The maximum atomic E-state index is 12.4. The lowest BCUT2D eigenvalue weighted by Crippen LogP contribution is -2.61. The van der Waals surface area contributed by atoms with Crippen LogP contribution in [0.3, 0.4) is 0 Å². The van der Waals surface area contributed by atoms with Crippen LogP contribution in [0.4, 0.5) is 10.5 Å². The average Bonchev–Trinajstić information content (AvgIpc) is 2.52. The van der Waals surface area contributed by atoms with Gasteiger partial charge in [-0.1, -0.05) is 11.6 Å². The van der Waals surface area contributed by atoms with E-state index in [2.05, 4.69) is 29.4 Å². The maximum absolute atomic E-state index is 12.4. The zero-order valence-electron chi connectivity index (χ0n) is 15.3. The number of carbonyl (C=O) groups is 2. The van der Waals surface area contributed by atoms with E-state index in [0.29, 0.717) is 18.1 Å². The molecule has 1 aromatic rings. The molecule has 0 radical (unpaired) electrons. The monoisotopic (exact) mass is 366 g/mol. The first-order valence-corrected chi connectivity index (χ1v) is 8.92. The van der Waals surface area contributed by atoms with Crippen molar-refractivity contribution in [1.29, 1.82) is 0 Å². The third-order valence-corrected chi connectivity index (χ3v) is 4.46. The van der Waals surface area contributed by atoms with Gasteiger partial charge in [0.05, 0.1) is 12.1 Å². The number of nitrogens with zero attached hydrogens (tertiary/aromatic N) is 2. The molecule has 6 nitrogen and oxygen atoms in total. The molecule has 1 aliphatic heterocycles. The van der Waals surface area contributed by atoms with Gasteiger partial charge in [0.25, 0.3) is 0 Å². The van der Waals surface area contributed by atoms with Crippen molar-refractivity contribution in [3.05, 3.63) is 29.3 Å². The Balaban J connectivity index is 1.93. The minimum absolute atomic E-state index is 0.00950. The van der Waals surface area contributed by atoms with Gasteiger partial charge in [0.15, 0.2) is 0 Å². The molecule has 0 bridgehead atoms. The van der Waals surface area contributed by atoms with Crippen LogP contribution in [0.25, 0.3) is 0 Å². The number of carbonyl (C=O) groups excluding carboxylic acids is 2. The van der Waals surface area contributed by atoms with Crippen LogP contribution in [-0.4, -0.2) is 54.6 Å². The van der Waals surface area contributed by atoms with Crippen molar-refractivity contribution in [3.63, 3.8) is 0 Å². The molecule has 1 fully saturated rings. The third kappa shape index (κ3) is 5.26. The number of halogens is 1. The Hall–Kier alpha value is -1.95. The highest BCUT2D eigenvalue weighted by atomic mass is 35.5. The van der Waals surface area contributed by atoms with Crippen LogP contribution < -0.4 is 15.5 Å². The van der Waals surface area contributed by atoms with E-state index >= 15 is 0 Å². The smallest absolute Gasteiger partial charge is 0.315 e. The van der Waals surface area contributed by atoms with Gasteiger partial charge < -0.3 is 20.4 Å². The Bertz CT molecular complexity index is 616. The number of hydrogen-bond acceptors (Lipinski definition) is 3. The van der Waals surface area contributed by atoms with Gasteiger partial charge >= 0.3 is 6.03 Å². The summed E-state index contributed by atoms with van der Waals surface area (Å²) in [5, 5.41) is 6.04. The lowest BCUT2D eigenvalue weighted by molar-refractivity contribution is -0.131. The van der Waals surface area contributed by atoms with E-state index in [1.54, 1.807) is 0 Å². The van der Waals surface area contributed by atoms with Crippen molar-refractivity contribution in [1.82, 2.24) is 15.5 Å². The number of piperazine rings is 1. The van der Waals surface area contributed by atoms with Crippen LogP contribution in [-0.2, 0) is 4.79 Å². The summed E-state index contributed by atoms with van der Waals surface area (Å²) < 4.78 is 0. The van der Waals surface area contributed by atoms with Crippen molar-refractivity contribution in [3.8, 4) is 0 Å². The molecule has 1 aromatic carbocycles. The molecule has 0 atom stereocenters. The van der Waals surface area contributed by atoms with Gasteiger partial charge in [-0.25, -0.2) is 4.79 Å². The van der Waals surface area contributed by atoms with Gasteiger partial charge in [0.1, 0.15) is 0 Å². The van der Waals surface area contributed by atoms with Crippen molar-refractivity contribution >= 4 is 29.2 Å². The first kappa shape index (κ1) is 19.4. The Kier molecular flexibility index (Phi) is 6.16. The SMILES string of the molecule is CC(C)NC(=O)NCC(=O)N1CCN(c2ccc(Cl)cc2)C(C)(C)C1. The Morgan fingerprint density at radius 3 is 2.40 bits per heavy atom. The van der Waals surface area contributed by atoms with Crippen LogP contribution in [0.5, 0.6) is 0 Å². The molecule has 1 heterocycles. The normalized spacial score (nSPS) is 16.7. The molecule has 2 rings (SSSR count). The first-order valence-electron chi connectivity index (χ1n) is 8.54. The van der Waals surface area contributed by atoms with E-state index in [9.17, 15) is 9.59 Å². The van der Waals surface area contributed by atoms with Gasteiger partial charge in [-0.05, 0) is 52.0 Å². The highest BCUT2D eigenvalue weighted by Crippen LogP contribution is 2.28. The highest BCUT2D eigenvalue weighted by Gasteiger charge is 2.35. The number of nitrogens with one attached hydrogen (secondary N) is 2. The van der Waals surface area contributed by atoms with E-state index in [4.69, 9.17) is 11.6 Å². The molecule has 1 saturated heterocycles. The lowest BCUT2D eigenvalue weighted by atomic mass is 9.97. The number of anilines is 1. The molecule has 0 aliphatic carbocycles. The van der Waals surface area contributed by atoms with Gasteiger partial charge in [0, 0.05) is 36.4 Å². The van der Waals surface area contributed by atoms with Crippen LogP contribution in [0.1, 0.15) is 27.7 Å². The summed E-state index contributed by atoms with van der Waals surface area (Å²) in [7, 11) is 0. The second kappa shape index (κ2) is 7.95. The lowest BCUT2D eigenvalue weighted by Gasteiger charge is -2.48. The number of urea groups is 1. The van der Waals surface area contributed by atoms with Crippen LogP contribution in [0.2, 0.25) is 5.02 Å². The standard InChI is InChI=1S/C18H27ClN4O2/c1-13(2)21-17(25)20-11-16(24)22-9-10-23(18(3,4)12-22)15-7-5-14(19)6-8-15/h5-8,13H,9-12H2,1-4H3,(H2,20,21,25). The van der Waals surface area contributed by atoms with Gasteiger partial charge in [-0.15, -0.1) is 0 Å². The Labute approximate surface area is 154 Å². The molecule has 2 N–H and O–H groups in total. The van der Waals surface area contributed by atoms with Gasteiger partial charge in [-0.2, -0.15) is 0 Å². The Morgan fingerprint density at radius 1 is 1.20 bits per heavy atom. The Morgan fingerprint density at radius 2 is 1.84 bits per heavy atom. The largest absolute Gasteiger partial charge is 0.363 e. The molecule has 0 spiro atoms. The summed E-state index contributed by atoms with van der Waals surface area (Å²) in [5.41, 5.74) is 0.887. The second-order valence-corrected chi connectivity index (χ2v) is 7.67. The van der Waals surface area contributed by atoms with E-state index in [-0.39, 0.29) is 30.1 Å². The molecule has 1 aliphatic rings. The molecule has 25 heavy (non-hydrogen) atoms. The topological polar surface area (TPSA) is 64.7 Å². The first-order chi connectivity index (χ1) is 11.7. The summed E-state index contributed by atoms with van der Waals surface area (Å²) in [5.74, 6) is -0.0669. The zero-order chi connectivity index (χ0) is 18.6. The minimum Gasteiger partial charge on any atom is -0.363 e. The highest BCUT2D eigenvalue weighted by molar-refractivity contribution is 6.30. The third-order valence-electron chi connectivity index (χ3n) is 4.21.